The number of halogens is 1. The summed E-state index contributed by atoms with van der Waals surface area (Å²) in [6.07, 6.45) is 9.19. The Kier molecular flexibility index (Phi) is 4.14. The molecule has 1 fully saturated rings. The van der Waals surface area contributed by atoms with Crippen LogP contribution in [0, 0.1) is 11.7 Å². The summed E-state index contributed by atoms with van der Waals surface area (Å²) in [5.41, 5.74) is 2.24. The van der Waals surface area contributed by atoms with Crippen molar-refractivity contribution in [2.24, 2.45) is 5.92 Å². The quantitative estimate of drug-likeness (QED) is 0.744. The number of benzene rings is 1. The molecule has 3 aromatic rings. The third-order valence-corrected chi connectivity index (χ3v) is 5.52. The second-order valence-corrected chi connectivity index (χ2v) is 7.15. The zero-order valence-electron chi connectivity index (χ0n) is 12.9. The van der Waals surface area contributed by atoms with Crippen LogP contribution in [-0.2, 0) is 6.54 Å². The average Bonchev–Trinajstić information content (AvgIpc) is 3.26. The molecule has 0 bridgehead atoms. The first-order valence-electron chi connectivity index (χ1n) is 8.19. The molecule has 3 nitrogen and oxygen atoms in total. The molecule has 23 heavy (non-hydrogen) atoms. The Morgan fingerprint density at radius 2 is 2.04 bits per heavy atom. The lowest BCUT2D eigenvalue weighted by molar-refractivity contribution is 0.364. The Morgan fingerprint density at radius 1 is 1.26 bits per heavy atom. The largest absolute Gasteiger partial charge is 0.304 e. The maximum absolute atomic E-state index is 13.2. The van der Waals surface area contributed by atoms with Gasteiger partial charge in [-0.05, 0) is 36.5 Å². The predicted molar refractivity (Wildman–Crippen MR) is 91.0 cm³/mol. The van der Waals surface area contributed by atoms with Crippen LogP contribution in [0.3, 0.4) is 0 Å². The summed E-state index contributed by atoms with van der Waals surface area (Å²) in [6, 6.07) is 7.23. The second kappa shape index (κ2) is 6.42. The van der Waals surface area contributed by atoms with Gasteiger partial charge in [0, 0.05) is 30.4 Å². The highest BCUT2D eigenvalue weighted by Gasteiger charge is 2.26. The molecule has 2 heterocycles. The fourth-order valence-electron chi connectivity index (χ4n) is 3.59. The van der Waals surface area contributed by atoms with Crippen LogP contribution in [0.1, 0.15) is 43.0 Å². The van der Waals surface area contributed by atoms with Crippen molar-refractivity contribution in [3.63, 3.8) is 0 Å². The summed E-state index contributed by atoms with van der Waals surface area (Å²) in [5.74, 6) is 0.456. The van der Waals surface area contributed by atoms with Crippen LogP contribution < -0.4 is 5.32 Å². The van der Waals surface area contributed by atoms with E-state index in [0.29, 0.717) is 5.92 Å². The van der Waals surface area contributed by atoms with Crippen molar-refractivity contribution in [3.05, 3.63) is 59.1 Å². The van der Waals surface area contributed by atoms with E-state index in [1.165, 1.54) is 31.2 Å². The number of imidazole rings is 1. The van der Waals surface area contributed by atoms with Gasteiger partial charge in [0.2, 0.25) is 0 Å². The Balaban J connectivity index is 1.52. The SMILES string of the molecule is Fc1ccc(C(NCc2cn3ccsc3n2)C2CCCC2)cc1. The van der Waals surface area contributed by atoms with Gasteiger partial charge in [0.1, 0.15) is 5.82 Å². The highest BCUT2D eigenvalue weighted by Crippen LogP contribution is 2.36. The zero-order valence-corrected chi connectivity index (χ0v) is 13.7. The molecule has 1 aromatic carbocycles. The lowest BCUT2D eigenvalue weighted by Gasteiger charge is -2.25. The van der Waals surface area contributed by atoms with Crippen molar-refractivity contribution in [2.45, 2.75) is 38.3 Å². The lowest BCUT2D eigenvalue weighted by Crippen LogP contribution is -2.27. The van der Waals surface area contributed by atoms with Gasteiger partial charge in [-0.1, -0.05) is 25.0 Å². The summed E-state index contributed by atoms with van der Waals surface area (Å²) >= 11 is 1.65. The van der Waals surface area contributed by atoms with Gasteiger partial charge in [-0.15, -0.1) is 11.3 Å². The molecule has 2 aromatic heterocycles. The molecule has 1 saturated carbocycles. The van der Waals surface area contributed by atoms with E-state index in [0.717, 1.165) is 17.2 Å². The normalized spacial score (nSPS) is 17.1. The highest BCUT2D eigenvalue weighted by molar-refractivity contribution is 7.15. The van der Waals surface area contributed by atoms with E-state index < -0.39 is 0 Å². The first-order valence-corrected chi connectivity index (χ1v) is 9.07. The fourth-order valence-corrected chi connectivity index (χ4v) is 4.31. The molecule has 0 radical (unpaired) electrons. The number of nitrogens with zero attached hydrogens (tertiary/aromatic N) is 2. The average molecular weight is 329 g/mol. The molecule has 0 aliphatic heterocycles. The Bertz CT molecular complexity index is 743. The number of hydrogen-bond acceptors (Lipinski definition) is 3. The van der Waals surface area contributed by atoms with Gasteiger partial charge >= 0.3 is 0 Å². The summed E-state index contributed by atoms with van der Waals surface area (Å²) in [7, 11) is 0. The van der Waals surface area contributed by atoms with E-state index >= 15 is 0 Å². The van der Waals surface area contributed by atoms with Gasteiger partial charge in [0.25, 0.3) is 0 Å². The first kappa shape index (κ1) is 14.8. The molecule has 1 atom stereocenters. The van der Waals surface area contributed by atoms with Crippen LogP contribution in [-0.4, -0.2) is 9.38 Å². The molecule has 120 valence electrons. The maximum Gasteiger partial charge on any atom is 0.193 e. The molecule has 0 spiro atoms. The smallest absolute Gasteiger partial charge is 0.193 e. The number of hydrogen-bond donors (Lipinski definition) is 1. The lowest BCUT2D eigenvalue weighted by atomic mass is 9.91. The molecule has 1 aliphatic rings. The van der Waals surface area contributed by atoms with Crippen molar-refractivity contribution in [3.8, 4) is 0 Å². The third kappa shape index (κ3) is 3.16. The highest BCUT2D eigenvalue weighted by atomic mass is 32.1. The molecule has 0 amide bonds. The van der Waals surface area contributed by atoms with Gasteiger partial charge in [0.15, 0.2) is 4.96 Å². The summed E-state index contributed by atoms with van der Waals surface area (Å²) in [4.78, 5) is 5.67. The van der Waals surface area contributed by atoms with Crippen LogP contribution >= 0.6 is 11.3 Å². The molecule has 4 rings (SSSR count). The van der Waals surface area contributed by atoms with Crippen LogP contribution in [0.25, 0.3) is 4.96 Å². The van der Waals surface area contributed by atoms with Crippen LogP contribution in [0.15, 0.2) is 42.0 Å². The van der Waals surface area contributed by atoms with E-state index in [4.69, 9.17) is 0 Å². The molecule has 0 saturated heterocycles. The number of nitrogens with one attached hydrogen (secondary N) is 1. The van der Waals surface area contributed by atoms with Gasteiger partial charge in [0.05, 0.1) is 5.69 Å². The van der Waals surface area contributed by atoms with E-state index in [-0.39, 0.29) is 11.9 Å². The standard InChI is InChI=1S/C18H20FN3S/c19-15-7-5-14(6-8-15)17(13-3-1-2-4-13)20-11-16-12-22-9-10-23-18(22)21-16/h5-10,12-13,17,20H,1-4,11H2. The van der Waals surface area contributed by atoms with Crippen molar-refractivity contribution in [2.75, 3.05) is 0 Å². The predicted octanol–water partition coefficient (Wildman–Crippen LogP) is 4.56. The van der Waals surface area contributed by atoms with Gasteiger partial charge in [-0.3, -0.25) is 4.40 Å². The topological polar surface area (TPSA) is 29.3 Å². The zero-order chi connectivity index (χ0) is 15.6. The minimum atomic E-state index is -0.173. The summed E-state index contributed by atoms with van der Waals surface area (Å²) in [6.45, 7) is 0.743. The Labute approximate surface area is 139 Å². The molecular formula is C18H20FN3S. The fraction of sp³-hybridized carbons (Fsp3) is 0.389. The van der Waals surface area contributed by atoms with E-state index in [9.17, 15) is 4.39 Å². The van der Waals surface area contributed by atoms with Gasteiger partial charge in [-0.2, -0.15) is 0 Å². The molecular weight excluding hydrogens is 309 g/mol. The monoisotopic (exact) mass is 329 g/mol. The molecule has 1 aliphatic carbocycles. The Morgan fingerprint density at radius 3 is 2.78 bits per heavy atom. The Hall–Kier alpha value is -1.72. The number of aromatic nitrogens is 2. The minimum Gasteiger partial charge on any atom is -0.304 e. The molecule has 5 heteroatoms. The number of thiazole rings is 1. The van der Waals surface area contributed by atoms with Crippen LogP contribution in [0.2, 0.25) is 0 Å². The van der Waals surface area contributed by atoms with Crippen molar-refractivity contribution < 1.29 is 4.39 Å². The maximum atomic E-state index is 13.2. The van der Waals surface area contributed by atoms with Crippen molar-refractivity contribution in [1.82, 2.24) is 14.7 Å². The third-order valence-electron chi connectivity index (χ3n) is 4.75. The van der Waals surface area contributed by atoms with E-state index in [1.54, 1.807) is 23.5 Å². The summed E-state index contributed by atoms with van der Waals surface area (Å²) < 4.78 is 15.3. The summed E-state index contributed by atoms with van der Waals surface area (Å²) in [5, 5.41) is 5.71. The van der Waals surface area contributed by atoms with Gasteiger partial charge < -0.3 is 5.32 Å². The number of rotatable bonds is 5. The second-order valence-electron chi connectivity index (χ2n) is 6.28. The van der Waals surface area contributed by atoms with Crippen molar-refractivity contribution >= 4 is 16.3 Å². The van der Waals surface area contributed by atoms with Crippen molar-refractivity contribution in [1.29, 1.82) is 0 Å². The molecule has 1 unspecified atom stereocenters. The van der Waals surface area contributed by atoms with Crippen LogP contribution in [0.4, 0.5) is 4.39 Å². The van der Waals surface area contributed by atoms with Gasteiger partial charge in [-0.25, -0.2) is 9.37 Å². The number of fused-ring (bicyclic) bond motifs is 1. The molecule has 1 N–H and O–H groups in total. The van der Waals surface area contributed by atoms with Crippen LogP contribution in [0.5, 0.6) is 0 Å². The van der Waals surface area contributed by atoms with E-state index in [1.807, 2.05) is 23.7 Å². The van der Waals surface area contributed by atoms with E-state index in [2.05, 4.69) is 20.9 Å². The first-order chi connectivity index (χ1) is 11.3. The minimum absolute atomic E-state index is 0.173.